The molecule has 8 nitrogen and oxygen atoms in total. The summed E-state index contributed by atoms with van der Waals surface area (Å²) in [6.07, 6.45) is 3.71. The molecule has 0 aliphatic carbocycles. The van der Waals surface area contributed by atoms with E-state index in [1.54, 1.807) is 24.4 Å². The summed E-state index contributed by atoms with van der Waals surface area (Å²) >= 11 is 0. The molecular formula is C25H26FN3O5. The number of hydrogen-bond acceptors (Lipinski definition) is 6. The van der Waals surface area contributed by atoms with Gasteiger partial charge in [-0.1, -0.05) is 25.5 Å². The normalized spacial score (nSPS) is 10.6. The van der Waals surface area contributed by atoms with Crippen molar-refractivity contribution in [1.29, 1.82) is 0 Å². The summed E-state index contributed by atoms with van der Waals surface area (Å²) in [5.41, 5.74) is 6.67. The average molecular weight is 467 g/mol. The number of hydrazine groups is 1. The number of amides is 2. The van der Waals surface area contributed by atoms with Crippen LogP contribution in [0.2, 0.25) is 0 Å². The van der Waals surface area contributed by atoms with Crippen LogP contribution in [-0.4, -0.2) is 36.5 Å². The topological polar surface area (TPSA) is 107 Å². The molecule has 0 saturated carbocycles. The number of benzene rings is 2. The van der Waals surface area contributed by atoms with Crippen LogP contribution in [0.1, 0.15) is 58.5 Å². The van der Waals surface area contributed by atoms with E-state index in [0.29, 0.717) is 23.9 Å². The number of aromatic nitrogens is 1. The van der Waals surface area contributed by atoms with Gasteiger partial charge in [0.25, 0.3) is 5.91 Å². The molecule has 0 aliphatic rings. The first kappa shape index (κ1) is 24.6. The van der Waals surface area contributed by atoms with Crippen LogP contribution >= 0.6 is 0 Å². The number of nitrogens with zero attached hydrogens (tertiary/aromatic N) is 1. The highest BCUT2D eigenvalue weighted by Gasteiger charge is 2.24. The molecule has 3 rings (SSSR count). The molecule has 0 fully saturated rings. The first-order valence-corrected chi connectivity index (χ1v) is 10.8. The van der Waals surface area contributed by atoms with Crippen molar-refractivity contribution in [1.82, 2.24) is 15.8 Å². The molecule has 2 aromatic carbocycles. The Morgan fingerprint density at radius 2 is 1.76 bits per heavy atom. The Labute approximate surface area is 196 Å². The molecule has 2 amide bonds. The zero-order valence-corrected chi connectivity index (χ0v) is 19.2. The third-order valence-corrected chi connectivity index (χ3v) is 5.05. The number of methoxy groups -OCH3 is 1. The van der Waals surface area contributed by atoms with E-state index in [-0.39, 0.29) is 22.7 Å². The highest BCUT2D eigenvalue weighted by Crippen LogP contribution is 2.33. The number of nitrogens with one attached hydrogen (secondary N) is 2. The summed E-state index contributed by atoms with van der Waals surface area (Å²) in [7, 11) is 1.23. The van der Waals surface area contributed by atoms with Gasteiger partial charge >= 0.3 is 5.97 Å². The fraction of sp³-hybridized carbons (Fsp3) is 0.280. The number of rotatable bonds is 8. The molecule has 1 heterocycles. The predicted octanol–water partition coefficient (Wildman–Crippen LogP) is 3.71. The van der Waals surface area contributed by atoms with E-state index in [2.05, 4.69) is 15.8 Å². The molecule has 1 aromatic heterocycles. The highest BCUT2D eigenvalue weighted by molar-refractivity contribution is 6.12. The van der Waals surface area contributed by atoms with Crippen molar-refractivity contribution in [3.63, 3.8) is 0 Å². The van der Waals surface area contributed by atoms with Crippen molar-refractivity contribution in [3.05, 3.63) is 70.7 Å². The van der Waals surface area contributed by atoms with E-state index in [1.165, 1.54) is 32.2 Å². The SMILES string of the molecule is CCCCOc1c(C(=O)OC)cc(C(=O)NNC(C)=O)c2cc(Cc3ccc(F)cc3)cnc12. The minimum Gasteiger partial charge on any atom is -0.490 e. The summed E-state index contributed by atoms with van der Waals surface area (Å²) in [4.78, 5) is 41.2. The molecule has 0 unspecified atom stereocenters. The maximum absolute atomic E-state index is 13.3. The Balaban J connectivity index is 2.15. The van der Waals surface area contributed by atoms with Crippen LogP contribution in [0.4, 0.5) is 4.39 Å². The predicted molar refractivity (Wildman–Crippen MR) is 124 cm³/mol. The number of esters is 1. The minimum atomic E-state index is -0.681. The second kappa shape index (κ2) is 11.2. The van der Waals surface area contributed by atoms with Gasteiger partial charge in [-0.15, -0.1) is 0 Å². The number of fused-ring (bicyclic) bond motifs is 1. The molecule has 34 heavy (non-hydrogen) atoms. The van der Waals surface area contributed by atoms with Crippen LogP contribution in [0.5, 0.6) is 5.75 Å². The Morgan fingerprint density at radius 3 is 2.41 bits per heavy atom. The smallest absolute Gasteiger partial charge is 0.341 e. The van der Waals surface area contributed by atoms with E-state index >= 15 is 0 Å². The van der Waals surface area contributed by atoms with Crippen LogP contribution < -0.4 is 15.6 Å². The van der Waals surface area contributed by atoms with E-state index < -0.39 is 17.8 Å². The average Bonchev–Trinajstić information content (AvgIpc) is 2.83. The molecule has 0 aliphatic heterocycles. The molecule has 0 saturated heterocycles. The molecule has 0 atom stereocenters. The first-order valence-electron chi connectivity index (χ1n) is 10.8. The third kappa shape index (κ3) is 5.86. The van der Waals surface area contributed by atoms with Crippen LogP contribution in [0.15, 0.2) is 42.6 Å². The zero-order valence-electron chi connectivity index (χ0n) is 19.2. The van der Waals surface area contributed by atoms with Gasteiger partial charge in [-0.05, 0) is 48.2 Å². The van der Waals surface area contributed by atoms with Crippen LogP contribution in [-0.2, 0) is 16.0 Å². The summed E-state index contributed by atoms with van der Waals surface area (Å²) in [6.45, 7) is 3.62. The minimum absolute atomic E-state index is 0.0536. The van der Waals surface area contributed by atoms with Gasteiger partial charge in [0.1, 0.15) is 16.9 Å². The van der Waals surface area contributed by atoms with Crippen molar-refractivity contribution in [2.45, 2.75) is 33.1 Å². The summed E-state index contributed by atoms with van der Waals surface area (Å²) in [5.74, 6) is -1.88. The van der Waals surface area contributed by atoms with E-state index in [0.717, 1.165) is 24.0 Å². The number of halogens is 1. The van der Waals surface area contributed by atoms with Crippen LogP contribution in [0.25, 0.3) is 10.9 Å². The van der Waals surface area contributed by atoms with Gasteiger partial charge in [0.15, 0.2) is 5.75 Å². The van der Waals surface area contributed by atoms with Crippen molar-refractivity contribution < 1.29 is 28.2 Å². The standard InChI is InChI=1S/C25H26FN3O5/c1-4-5-10-34-23-21(25(32)33-3)13-20(24(31)29-28-15(2)30)19-12-17(14-27-22(19)23)11-16-6-8-18(26)9-7-16/h6-9,12-14H,4-5,10-11H2,1-3H3,(H,28,30)(H,29,31). The summed E-state index contributed by atoms with van der Waals surface area (Å²) < 4.78 is 24.1. The van der Waals surface area contributed by atoms with Crippen LogP contribution in [0.3, 0.4) is 0 Å². The Morgan fingerprint density at radius 1 is 1.03 bits per heavy atom. The molecular weight excluding hydrogens is 441 g/mol. The van der Waals surface area contributed by atoms with Gasteiger partial charge in [0.2, 0.25) is 5.91 Å². The fourth-order valence-corrected chi connectivity index (χ4v) is 3.37. The first-order chi connectivity index (χ1) is 16.3. The summed E-state index contributed by atoms with van der Waals surface area (Å²) in [6, 6.07) is 9.22. The molecule has 0 spiro atoms. The lowest BCUT2D eigenvalue weighted by Crippen LogP contribution is -2.40. The summed E-state index contributed by atoms with van der Waals surface area (Å²) in [5, 5.41) is 0.432. The van der Waals surface area contributed by atoms with Gasteiger partial charge in [-0.3, -0.25) is 25.4 Å². The maximum Gasteiger partial charge on any atom is 0.341 e. The van der Waals surface area contributed by atoms with Crippen molar-refractivity contribution in [3.8, 4) is 5.75 Å². The quantitative estimate of drug-likeness (QED) is 0.297. The number of unbranched alkanes of at least 4 members (excludes halogenated alkanes) is 1. The number of hydrogen-bond donors (Lipinski definition) is 2. The molecule has 2 N–H and O–H groups in total. The number of ether oxygens (including phenoxy) is 2. The molecule has 0 bridgehead atoms. The number of pyridine rings is 1. The van der Waals surface area contributed by atoms with Crippen molar-refractivity contribution >= 4 is 28.7 Å². The fourth-order valence-electron chi connectivity index (χ4n) is 3.37. The van der Waals surface area contributed by atoms with Crippen molar-refractivity contribution in [2.24, 2.45) is 0 Å². The van der Waals surface area contributed by atoms with Gasteiger partial charge in [0, 0.05) is 18.5 Å². The van der Waals surface area contributed by atoms with E-state index in [4.69, 9.17) is 9.47 Å². The third-order valence-electron chi connectivity index (χ3n) is 5.05. The maximum atomic E-state index is 13.3. The lowest BCUT2D eigenvalue weighted by molar-refractivity contribution is -0.119. The molecule has 178 valence electrons. The van der Waals surface area contributed by atoms with Gasteiger partial charge in [-0.2, -0.15) is 0 Å². The lowest BCUT2D eigenvalue weighted by atomic mass is 9.98. The Kier molecular flexibility index (Phi) is 8.13. The Hall–Kier alpha value is -4.01. The Bertz CT molecular complexity index is 1210. The lowest BCUT2D eigenvalue weighted by Gasteiger charge is -2.16. The molecule has 9 heteroatoms. The second-order valence-corrected chi connectivity index (χ2v) is 7.67. The second-order valence-electron chi connectivity index (χ2n) is 7.67. The van der Waals surface area contributed by atoms with E-state index in [1.807, 2.05) is 6.92 Å². The number of carbonyl (C=O) groups is 3. The van der Waals surface area contributed by atoms with Crippen LogP contribution in [0, 0.1) is 5.82 Å². The van der Waals surface area contributed by atoms with E-state index in [9.17, 15) is 18.8 Å². The monoisotopic (exact) mass is 467 g/mol. The number of carbonyl (C=O) groups excluding carboxylic acids is 3. The zero-order chi connectivity index (χ0) is 24.7. The highest BCUT2D eigenvalue weighted by atomic mass is 19.1. The van der Waals surface area contributed by atoms with Gasteiger partial charge < -0.3 is 9.47 Å². The van der Waals surface area contributed by atoms with Gasteiger partial charge in [0.05, 0.1) is 19.3 Å². The van der Waals surface area contributed by atoms with Gasteiger partial charge in [-0.25, -0.2) is 9.18 Å². The molecule has 3 aromatic rings. The van der Waals surface area contributed by atoms with Crippen molar-refractivity contribution in [2.75, 3.05) is 13.7 Å². The molecule has 0 radical (unpaired) electrons. The largest absolute Gasteiger partial charge is 0.490 e.